The SMILES string of the molecule is CCC1CCCCC1N(CC(N)=O)CC(=O)O. The molecule has 0 spiro atoms. The van der Waals surface area contributed by atoms with E-state index in [4.69, 9.17) is 10.8 Å². The second-order valence-corrected chi connectivity index (χ2v) is 4.79. The minimum Gasteiger partial charge on any atom is -0.480 e. The monoisotopic (exact) mass is 242 g/mol. The first-order chi connectivity index (χ1) is 8.04. The second-order valence-electron chi connectivity index (χ2n) is 4.79. The van der Waals surface area contributed by atoms with E-state index in [1.165, 1.54) is 6.42 Å². The molecule has 98 valence electrons. The maximum atomic E-state index is 11.0. The number of amides is 1. The van der Waals surface area contributed by atoms with Crippen LogP contribution >= 0.6 is 0 Å². The van der Waals surface area contributed by atoms with Gasteiger partial charge in [-0.2, -0.15) is 0 Å². The lowest BCUT2D eigenvalue weighted by Crippen LogP contribution is -2.48. The number of nitrogens with two attached hydrogens (primary N) is 1. The third kappa shape index (κ3) is 4.34. The Morgan fingerprint density at radius 2 is 1.94 bits per heavy atom. The van der Waals surface area contributed by atoms with Crippen LogP contribution in [0.5, 0.6) is 0 Å². The van der Waals surface area contributed by atoms with Crippen LogP contribution in [-0.2, 0) is 9.59 Å². The van der Waals surface area contributed by atoms with E-state index in [2.05, 4.69) is 6.92 Å². The third-order valence-electron chi connectivity index (χ3n) is 3.56. The lowest BCUT2D eigenvalue weighted by Gasteiger charge is -2.38. The minimum absolute atomic E-state index is 0.0491. The predicted molar refractivity (Wildman–Crippen MR) is 64.4 cm³/mol. The average molecular weight is 242 g/mol. The van der Waals surface area contributed by atoms with Gasteiger partial charge in [0.25, 0.3) is 0 Å². The van der Waals surface area contributed by atoms with Crippen LogP contribution in [0.1, 0.15) is 39.0 Å². The van der Waals surface area contributed by atoms with E-state index in [0.717, 1.165) is 25.7 Å². The molecule has 5 heteroatoms. The van der Waals surface area contributed by atoms with Gasteiger partial charge in [0.1, 0.15) is 0 Å². The first kappa shape index (κ1) is 14.0. The summed E-state index contributed by atoms with van der Waals surface area (Å²) in [5.41, 5.74) is 5.19. The number of nitrogens with zero attached hydrogens (tertiary/aromatic N) is 1. The van der Waals surface area contributed by atoms with Crippen molar-refractivity contribution < 1.29 is 14.7 Å². The molecule has 1 amide bonds. The van der Waals surface area contributed by atoms with E-state index in [-0.39, 0.29) is 19.1 Å². The van der Waals surface area contributed by atoms with E-state index in [0.29, 0.717) is 5.92 Å². The number of hydrogen-bond acceptors (Lipinski definition) is 3. The van der Waals surface area contributed by atoms with Crippen molar-refractivity contribution in [1.82, 2.24) is 4.90 Å². The number of hydrogen-bond donors (Lipinski definition) is 2. The van der Waals surface area contributed by atoms with Crippen LogP contribution in [0.25, 0.3) is 0 Å². The van der Waals surface area contributed by atoms with Crippen LogP contribution in [0, 0.1) is 5.92 Å². The summed E-state index contributed by atoms with van der Waals surface area (Å²) < 4.78 is 0. The van der Waals surface area contributed by atoms with Crippen LogP contribution in [0.2, 0.25) is 0 Å². The Morgan fingerprint density at radius 1 is 1.29 bits per heavy atom. The number of primary amides is 1. The summed E-state index contributed by atoms with van der Waals surface area (Å²) in [6.45, 7) is 2.07. The van der Waals surface area contributed by atoms with Gasteiger partial charge >= 0.3 is 5.97 Å². The topological polar surface area (TPSA) is 83.6 Å². The summed E-state index contributed by atoms with van der Waals surface area (Å²) in [5.74, 6) is -0.860. The fourth-order valence-electron chi connectivity index (χ4n) is 2.81. The first-order valence-corrected chi connectivity index (χ1v) is 6.28. The smallest absolute Gasteiger partial charge is 0.317 e. The van der Waals surface area contributed by atoms with Gasteiger partial charge in [-0.1, -0.05) is 26.2 Å². The Hall–Kier alpha value is -1.10. The molecule has 0 bridgehead atoms. The molecule has 0 heterocycles. The molecule has 3 N–H and O–H groups in total. The highest BCUT2D eigenvalue weighted by Crippen LogP contribution is 2.30. The highest BCUT2D eigenvalue weighted by atomic mass is 16.4. The van der Waals surface area contributed by atoms with Crippen molar-refractivity contribution in [1.29, 1.82) is 0 Å². The number of carbonyl (C=O) groups is 2. The number of aliphatic carboxylic acids is 1. The van der Waals surface area contributed by atoms with Crippen LogP contribution < -0.4 is 5.73 Å². The average Bonchev–Trinajstić information content (AvgIpc) is 2.27. The molecule has 0 aromatic heterocycles. The van der Waals surface area contributed by atoms with Crippen molar-refractivity contribution >= 4 is 11.9 Å². The minimum atomic E-state index is -0.897. The van der Waals surface area contributed by atoms with E-state index >= 15 is 0 Å². The van der Waals surface area contributed by atoms with Gasteiger partial charge in [0.15, 0.2) is 0 Å². The molecule has 1 rings (SSSR count). The summed E-state index contributed by atoms with van der Waals surface area (Å²) in [4.78, 5) is 23.6. The molecule has 2 atom stereocenters. The van der Waals surface area contributed by atoms with E-state index < -0.39 is 11.9 Å². The molecule has 1 aliphatic carbocycles. The molecule has 0 aromatic carbocycles. The van der Waals surface area contributed by atoms with E-state index in [1.54, 1.807) is 4.90 Å². The molecule has 0 radical (unpaired) electrons. The number of carboxylic acids is 1. The molecule has 5 nitrogen and oxygen atoms in total. The van der Waals surface area contributed by atoms with Crippen molar-refractivity contribution in [2.24, 2.45) is 11.7 Å². The number of rotatable bonds is 6. The zero-order chi connectivity index (χ0) is 12.8. The van der Waals surface area contributed by atoms with Gasteiger partial charge in [-0.15, -0.1) is 0 Å². The van der Waals surface area contributed by atoms with Crippen LogP contribution in [0.4, 0.5) is 0 Å². The molecule has 0 saturated heterocycles. The van der Waals surface area contributed by atoms with Crippen LogP contribution in [0.15, 0.2) is 0 Å². The van der Waals surface area contributed by atoms with Crippen molar-refractivity contribution in [3.63, 3.8) is 0 Å². The standard InChI is InChI=1S/C12H22N2O3/c1-2-9-5-3-4-6-10(9)14(7-11(13)15)8-12(16)17/h9-10H,2-8H2,1H3,(H2,13,15)(H,16,17). The number of carboxylic acid groups (broad SMARTS) is 1. The normalized spacial score (nSPS) is 24.8. The highest BCUT2D eigenvalue weighted by molar-refractivity contribution is 5.77. The van der Waals surface area contributed by atoms with Crippen molar-refractivity contribution in [3.05, 3.63) is 0 Å². The summed E-state index contributed by atoms with van der Waals surface area (Å²) >= 11 is 0. The summed E-state index contributed by atoms with van der Waals surface area (Å²) in [7, 11) is 0. The second kappa shape index (κ2) is 6.59. The maximum Gasteiger partial charge on any atom is 0.317 e. The van der Waals surface area contributed by atoms with Gasteiger partial charge in [-0.05, 0) is 18.8 Å². The molecule has 0 aromatic rings. The zero-order valence-corrected chi connectivity index (χ0v) is 10.4. The summed E-state index contributed by atoms with van der Waals surface area (Å²) in [6.07, 6.45) is 5.43. The summed E-state index contributed by atoms with van der Waals surface area (Å²) in [5, 5.41) is 8.89. The molecule has 1 fully saturated rings. The molecule has 1 saturated carbocycles. The molecular formula is C12H22N2O3. The summed E-state index contributed by atoms with van der Waals surface area (Å²) in [6, 6.07) is 0.192. The van der Waals surface area contributed by atoms with E-state index in [1.807, 2.05) is 0 Å². The van der Waals surface area contributed by atoms with Gasteiger partial charge < -0.3 is 10.8 Å². The molecular weight excluding hydrogens is 220 g/mol. The molecule has 0 aliphatic heterocycles. The largest absolute Gasteiger partial charge is 0.480 e. The van der Waals surface area contributed by atoms with Crippen LogP contribution in [-0.4, -0.2) is 41.0 Å². The van der Waals surface area contributed by atoms with Crippen molar-refractivity contribution in [2.75, 3.05) is 13.1 Å². The predicted octanol–water partition coefficient (Wildman–Crippen LogP) is 0.827. The zero-order valence-electron chi connectivity index (χ0n) is 10.4. The first-order valence-electron chi connectivity index (χ1n) is 6.28. The molecule has 1 aliphatic rings. The van der Waals surface area contributed by atoms with Gasteiger partial charge in [-0.3, -0.25) is 14.5 Å². The van der Waals surface area contributed by atoms with Gasteiger partial charge in [0.05, 0.1) is 13.1 Å². The van der Waals surface area contributed by atoms with E-state index in [9.17, 15) is 9.59 Å². The maximum absolute atomic E-state index is 11.0. The van der Waals surface area contributed by atoms with Gasteiger partial charge in [0.2, 0.25) is 5.91 Å². The Labute approximate surface area is 102 Å². The lowest BCUT2D eigenvalue weighted by atomic mass is 9.82. The quantitative estimate of drug-likeness (QED) is 0.722. The Balaban J connectivity index is 2.71. The fraction of sp³-hybridized carbons (Fsp3) is 0.833. The Bertz CT molecular complexity index is 265. The van der Waals surface area contributed by atoms with Crippen molar-refractivity contribution in [3.8, 4) is 0 Å². The third-order valence-corrected chi connectivity index (χ3v) is 3.56. The lowest BCUT2D eigenvalue weighted by molar-refractivity contribution is -0.140. The fourth-order valence-corrected chi connectivity index (χ4v) is 2.81. The molecule has 17 heavy (non-hydrogen) atoms. The van der Waals surface area contributed by atoms with Gasteiger partial charge in [-0.25, -0.2) is 0 Å². The van der Waals surface area contributed by atoms with Crippen molar-refractivity contribution in [2.45, 2.75) is 45.1 Å². The Morgan fingerprint density at radius 3 is 2.47 bits per heavy atom. The number of carbonyl (C=O) groups excluding carboxylic acids is 1. The Kier molecular flexibility index (Phi) is 5.41. The van der Waals surface area contributed by atoms with Gasteiger partial charge in [0, 0.05) is 6.04 Å². The highest BCUT2D eigenvalue weighted by Gasteiger charge is 2.30. The molecule has 2 unspecified atom stereocenters. The van der Waals surface area contributed by atoms with Crippen LogP contribution in [0.3, 0.4) is 0 Å².